The molecule has 0 unspecified atom stereocenters. The molecule has 0 saturated carbocycles. The van der Waals surface area contributed by atoms with Crippen molar-refractivity contribution >= 4 is 43.5 Å². The van der Waals surface area contributed by atoms with Crippen LogP contribution in [0.5, 0.6) is 0 Å². The lowest BCUT2D eigenvalue weighted by molar-refractivity contribution is 0.794. The molecule has 0 aliphatic heterocycles. The maximum Gasteiger partial charge on any atom is 0.0971 e. The van der Waals surface area contributed by atoms with Crippen LogP contribution in [0, 0.1) is 0 Å². The minimum absolute atomic E-state index is 0.411. The summed E-state index contributed by atoms with van der Waals surface area (Å²) < 4.78 is 0. The Labute approximate surface area is 270 Å². The minimum Gasteiger partial charge on any atom is -0.254 e. The summed E-state index contributed by atoms with van der Waals surface area (Å²) in [6.45, 7) is 0. The number of para-hydroxylation sites is 1. The van der Waals surface area contributed by atoms with Gasteiger partial charge in [0.1, 0.15) is 0 Å². The first kappa shape index (κ1) is 25.1. The summed E-state index contributed by atoms with van der Waals surface area (Å²) in [4.78, 5) is 15.2. The molecule has 1 spiro atoms. The van der Waals surface area contributed by atoms with Crippen molar-refractivity contribution < 1.29 is 0 Å². The molecule has 3 heteroatoms. The van der Waals surface area contributed by atoms with Gasteiger partial charge in [-0.25, -0.2) is 4.98 Å². The second kappa shape index (κ2) is 8.96. The number of hydrogen-bond acceptors (Lipinski definition) is 3. The summed E-state index contributed by atoms with van der Waals surface area (Å²) in [5, 5.41) is 5.46. The Morgan fingerprint density at radius 3 is 1.85 bits per heavy atom. The fourth-order valence-corrected chi connectivity index (χ4v) is 8.69. The summed E-state index contributed by atoms with van der Waals surface area (Å²) in [5.74, 6) is 0. The molecule has 0 radical (unpaired) electrons. The summed E-state index contributed by atoms with van der Waals surface area (Å²) in [6, 6.07) is 50.8. The predicted molar refractivity (Wildman–Crippen MR) is 192 cm³/mol. The highest BCUT2D eigenvalue weighted by Crippen LogP contribution is 2.63. The number of hydrogen-bond donors (Lipinski definition) is 0. The Kier molecular flexibility index (Phi) is 4.78. The molecule has 216 valence electrons. The number of pyridine rings is 3. The van der Waals surface area contributed by atoms with Gasteiger partial charge in [-0.15, -0.1) is 0 Å². The average molecular weight is 596 g/mol. The number of nitrogens with zero attached hydrogens (tertiary/aromatic N) is 3. The third-order valence-corrected chi connectivity index (χ3v) is 10.5. The zero-order valence-electron chi connectivity index (χ0n) is 25.3. The Morgan fingerprint density at radius 1 is 0.447 bits per heavy atom. The van der Waals surface area contributed by atoms with Gasteiger partial charge in [0.15, 0.2) is 0 Å². The van der Waals surface area contributed by atoms with E-state index in [4.69, 9.17) is 15.0 Å². The van der Waals surface area contributed by atoms with Crippen molar-refractivity contribution in [3.63, 3.8) is 0 Å². The minimum atomic E-state index is -0.411. The SMILES string of the molecule is c1ccc2c(c1)-c1ccccc1C21c2ccccc2-c2ccc(-c3nc4ccccc4c4cnc5c(ccc6cccnc65)c34)cc21. The second-order valence-electron chi connectivity index (χ2n) is 12.7. The largest absolute Gasteiger partial charge is 0.254 e. The van der Waals surface area contributed by atoms with Crippen molar-refractivity contribution in [1.29, 1.82) is 0 Å². The van der Waals surface area contributed by atoms with Crippen molar-refractivity contribution in [2.75, 3.05) is 0 Å². The van der Waals surface area contributed by atoms with Crippen LogP contribution in [0.15, 0.2) is 152 Å². The number of fused-ring (bicyclic) bond motifs is 17. The van der Waals surface area contributed by atoms with E-state index >= 15 is 0 Å². The van der Waals surface area contributed by atoms with Crippen molar-refractivity contribution in [2.45, 2.75) is 5.41 Å². The molecule has 0 amide bonds. The van der Waals surface area contributed by atoms with E-state index < -0.39 is 5.41 Å². The van der Waals surface area contributed by atoms with Crippen molar-refractivity contribution in [2.24, 2.45) is 0 Å². The van der Waals surface area contributed by atoms with Crippen molar-refractivity contribution in [3.05, 3.63) is 174 Å². The van der Waals surface area contributed by atoms with E-state index in [2.05, 4.69) is 133 Å². The smallest absolute Gasteiger partial charge is 0.0971 e. The van der Waals surface area contributed by atoms with Crippen LogP contribution in [-0.4, -0.2) is 15.0 Å². The van der Waals surface area contributed by atoms with E-state index in [0.717, 1.165) is 54.7 Å². The fraction of sp³-hybridized carbons (Fsp3) is 0.0227. The van der Waals surface area contributed by atoms with E-state index in [1.54, 1.807) is 0 Å². The average Bonchev–Trinajstić information content (AvgIpc) is 3.61. The van der Waals surface area contributed by atoms with Gasteiger partial charge in [-0.1, -0.05) is 121 Å². The molecule has 0 N–H and O–H groups in total. The number of aromatic nitrogens is 3. The van der Waals surface area contributed by atoms with Crippen molar-refractivity contribution in [3.8, 4) is 33.5 Å². The Morgan fingerprint density at radius 2 is 1.11 bits per heavy atom. The summed E-state index contributed by atoms with van der Waals surface area (Å²) in [6.07, 6.45) is 3.87. The van der Waals surface area contributed by atoms with Gasteiger partial charge in [-0.2, -0.15) is 0 Å². The second-order valence-corrected chi connectivity index (χ2v) is 12.7. The molecular formula is C44H25N3. The number of benzene rings is 6. The highest BCUT2D eigenvalue weighted by molar-refractivity contribution is 6.23. The van der Waals surface area contributed by atoms with Gasteiger partial charge in [-0.3, -0.25) is 9.97 Å². The molecule has 0 bridgehead atoms. The monoisotopic (exact) mass is 595 g/mol. The first-order chi connectivity index (χ1) is 23.3. The first-order valence-electron chi connectivity index (χ1n) is 16.1. The summed E-state index contributed by atoms with van der Waals surface area (Å²) >= 11 is 0. The standard InChI is InChI=1S/C44H25N3/c1-5-15-35-28(11-1)29-12-2-6-16-36(29)44(35)37-17-7-3-13-30(37)31-21-20-27(24-38(31)44)41-40-33-22-19-26-10-9-23-45-42(26)43(33)46-25-34(40)32-14-4-8-18-39(32)47-41/h1-25H. The van der Waals surface area contributed by atoms with E-state index in [-0.39, 0.29) is 0 Å². The molecule has 3 heterocycles. The lowest BCUT2D eigenvalue weighted by Crippen LogP contribution is -2.25. The molecule has 6 aromatic carbocycles. The highest BCUT2D eigenvalue weighted by atomic mass is 14.8. The van der Waals surface area contributed by atoms with Crippen LogP contribution in [0.3, 0.4) is 0 Å². The van der Waals surface area contributed by atoms with Crippen LogP contribution in [0.1, 0.15) is 22.3 Å². The summed E-state index contributed by atoms with van der Waals surface area (Å²) in [5.41, 5.74) is 15.0. The van der Waals surface area contributed by atoms with Crippen molar-refractivity contribution in [1.82, 2.24) is 15.0 Å². The Hall–Kier alpha value is -6.19. The van der Waals surface area contributed by atoms with Gasteiger partial charge >= 0.3 is 0 Å². The van der Waals surface area contributed by atoms with Crippen LogP contribution < -0.4 is 0 Å². The van der Waals surface area contributed by atoms with Crippen LogP contribution in [0.4, 0.5) is 0 Å². The Balaban J connectivity index is 1.28. The fourth-order valence-electron chi connectivity index (χ4n) is 8.69. The zero-order valence-corrected chi connectivity index (χ0v) is 25.3. The molecule has 0 saturated heterocycles. The van der Waals surface area contributed by atoms with E-state index in [0.29, 0.717) is 0 Å². The topological polar surface area (TPSA) is 38.7 Å². The first-order valence-corrected chi connectivity index (χ1v) is 16.1. The lowest BCUT2D eigenvalue weighted by atomic mass is 9.70. The molecule has 2 aliphatic carbocycles. The van der Waals surface area contributed by atoms with Gasteiger partial charge in [0, 0.05) is 44.9 Å². The third-order valence-electron chi connectivity index (χ3n) is 10.5. The van der Waals surface area contributed by atoms with Gasteiger partial charge < -0.3 is 0 Å². The van der Waals surface area contributed by atoms with Gasteiger partial charge in [-0.05, 0) is 62.7 Å². The van der Waals surface area contributed by atoms with Crippen LogP contribution in [-0.2, 0) is 5.41 Å². The zero-order chi connectivity index (χ0) is 30.7. The van der Waals surface area contributed by atoms with Crippen LogP contribution >= 0.6 is 0 Å². The van der Waals surface area contributed by atoms with Gasteiger partial charge in [0.2, 0.25) is 0 Å². The molecule has 47 heavy (non-hydrogen) atoms. The highest BCUT2D eigenvalue weighted by Gasteiger charge is 2.51. The molecule has 0 atom stereocenters. The lowest BCUT2D eigenvalue weighted by Gasteiger charge is -2.30. The third kappa shape index (κ3) is 3.09. The quantitative estimate of drug-likeness (QED) is 0.177. The molecule has 2 aliphatic rings. The molecular weight excluding hydrogens is 571 g/mol. The Bertz CT molecular complexity index is 2750. The molecule has 0 fully saturated rings. The van der Waals surface area contributed by atoms with Crippen LogP contribution in [0.25, 0.3) is 77.0 Å². The molecule has 11 rings (SSSR count). The maximum absolute atomic E-state index is 5.43. The van der Waals surface area contributed by atoms with E-state index in [1.807, 2.05) is 18.5 Å². The molecule has 3 nitrogen and oxygen atoms in total. The number of rotatable bonds is 1. The predicted octanol–water partition coefficient (Wildman–Crippen LogP) is 10.5. The van der Waals surface area contributed by atoms with Gasteiger partial charge in [0.05, 0.1) is 27.7 Å². The molecule has 9 aromatic rings. The van der Waals surface area contributed by atoms with E-state index in [9.17, 15) is 0 Å². The maximum atomic E-state index is 5.43. The summed E-state index contributed by atoms with van der Waals surface area (Å²) in [7, 11) is 0. The van der Waals surface area contributed by atoms with Crippen LogP contribution in [0.2, 0.25) is 0 Å². The normalized spacial score (nSPS) is 13.7. The van der Waals surface area contributed by atoms with E-state index in [1.165, 1.54) is 44.5 Å². The molecule has 3 aromatic heterocycles. The van der Waals surface area contributed by atoms with Gasteiger partial charge in [0.25, 0.3) is 0 Å².